The van der Waals surface area contributed by atoms with E-state index in [0.717, 1.165) is 28.1 Å². The van der Waals surface area contributed by atoms with E-state index in [1.165, 1.54) is 0 Å². The van der Waals surface area contributed by atoms with Gasteiger partial charge in [0, 0.05) is 29.9 Å². The van der Waals surface area contributed by atoms with Crippen LogP contribution in [-0.4, -0.2) is 30.0 Å². The van der Waals surface area contributed by atoms with Crippen LogP contribution in [0.4, 0.5) is 5.69 Å². The number of anilines is 1. The summed E-state index contributed by atoms with van der Waals surface area (Å²) < 4.78 is 10.6. The van der Waals surface area contributed by atoms with Gasteiger partial charge in [0.2, 0.25) is 6.79 Å². The Morgan fingerprint density at radius 2 is 2.12 bits per heavy atom. The number of aromatic nitrogens is 1. The van der Waals surface area contributed by atoms with Crippen molar-refractivity contribution in [3.63, 3.8) is 0 Å². The molecule has 1 aromatic heterocycles. The average Bonchev–Trinajstić information content (AvgIpc) is 2.80. The first-order valence-electron chi connectivity index (χ1n) is 5.41. The zero-order chi connectivity index (χ0) is 11.7. The third-order valence-corrected chi connectivity index (χ3v) is 2.66. The van der Waals surface area contributed by atoms with Gasteiger partial charge in [-0.05, 0) is 12.1 Å². The van der Waals surface area contributed by atoms with Crippen LogP contribution >= 0.6 is 0 Å². The Kier molecular flexibility index (Phi) is 2.45. The number of hydrogen-bond donors (Lipinski definition) is 2. The lowest BCUT2D eigenvalue weighted by molar-refractivity contribution is 0.174. The van der Waals surface area contributed by atoms with E-state index in [0.29, 0.717) is 6.54 Å². The van der Waals surface area contributed by atoms with Crippen molar-refractivity contribution in [1.82, 2.24) is 4.98 Å². The predicted molar refractivity (Wildman–Crippen MR) is 63.4 cm³/mol. The van der Waals surface area contributed by atoms with Gasteiger partial charge >= 0.3 is 0 Å². The molecule has 0 aliphatic carbocycles. The molecular formula is C12H12N2O3. The Morgan fingerprint density at radius 1 is 1.29 bits per heavy atom. The molecule has 0 unspecified atom stereocenters. The van der Waals surface area contributed by atoms with Crippen LogP contribution in [0.25, 0.3) is 10.9 Å². The first kappa shape index (κ1) is 10.2. The van der Waals surface area contributed by atoms with Gasteiger partial charge < -0.3 is 19.9 Å². The van der Waals surface area contributed by atoms with E-state index in [1.54, 1.807) is 6.20 Å². The van der Waals surface area contributed by atoms with Gasteiger partial charge in [0.25, 0.3) is 0 Å². The fourth-order valence-corrected chi connectivity index (χ4v) is 1.88. The van der Waals surface area contributed by atoms with E-state index in [1.807, 2.05) is 18.2 Å². The summed E-state index contributed by atoms with van der Waals surface area (Å²) in [4.78, 5) is 4.29. The van der Waals surface area contributed by atoms with Crippen LogP contribution in [0.5, 0.6) is 11.5 Å². The molecule has 0 saturated heterocycles. The summed E-state index contributed by atoms with van der Waals surface area (Å²) in [7, 11) is 0. The molecular weight excluding hydrogens is 220 g/mol. The zero-order valence-corrected chi connectivity index (χ0v) is 9.14. The maximum absolute atomic E-state index is 8.83. The molecule has 2 N–H and O–H groups in total. The third kappa shape index (κ3) is 1.74. The molecule has 0 amide bonds. The summed E-state index contributed by atoms with van der Waals surface area (Å²) >= 11 is 0. The molecule has 2 aromatic rings. The highest BCUT2D eigenvalue weighted by molar-refractivity contribution is 5.93. The van der Waals surface area contributed by atoms with Gasteiger partial charge in [-0.2, -0.15) is 0 Å². The molecule has 0 atom stereocenters. The minimum Gasteiger partial charge on any atom is -0.454 e. The Bertz CT molecular complexity index is 557. The molecule has 0 bridgehead atoms. The summed E-state index contributed by atoms with van der Waals surface area (Å²) in [5.41, 5.74) is 1.78. The number of hydrogen-bond acceptors (Lipinski definition) is 5. The molecule has 0 saturated carbocycles. The largest absolute Gasteiger partial charge is 0.454 e. The third-order valence-electron chi connectivity index (χ3n) is 2.66. The summed E-state index contributed by atoms with van der Waals surface area (Å²) in [6, 6.07) is 5.65. The number of nitrogens with one attached hydrogen (secondary N) is 1. The minimum absolute atomic E-state index is 0.0916. The quantitative estimate of drug-likeness (QED) is 0.836. The smallest absolute Gasteiger partial charge is 0.231 e. The van der Waals surface area contributed by atoms with Crippen molar-refractivity contribution >= 4 is 16.6 Å². The zero-order valence-electron chi connectivity index (χ0n) is 9.14. The summed E-state index contributed by atoms with van der Waals surface area (Å²) in [6.07, 6.45) is 1.73. The lowest BCUT2D eigenvalue weighted by atomic mass is 10.1. The normalized spacial score (nSPS) is 13.0. The molecule has 1 aromatic carbocycles. The Labute approximate surface area is 98.0 Å². The van der Waals surface area contributed by atoms with Crippen molar-refractivity contribution in [2.24, 2.45) is 0 Å². The van der Waals surface area contributed by atoms with Crippen LogP contribution in [0.3, 0.4) is 0 Å². The molecule has 2 heterocycles. The van der Waals surface area contributed by atoms with E-state index in [4.69, 9.17) is 14.6 Å². The summed E-state index contributed by atoms with van der Waals surface area (Å²) in [5.74, 6) is 1.46. The molecule has 3 rings (SSSR count). The number of ether oxygens (including phenoxy) is 2. The molecule has 1 aliphatic heterocycles. The first-order valence-corrected chi connectivity index (χ1v) is 5.41. The number of rotatable bonds is 3. The Balaban J connectivity index is 2.11. The molecule has 0 spiro atoms. The molecule has 5 heteroatoms. The van der Waals surface area contributed by atoms with Crippen LogP contribution in [0.15, 0.2) is 24.4 Å². The lowest BCUT2D eigenvalue weighted by Gasteiger charge is -2.08. The van der Waals surface area contributed by atoms with Crippen LogP contribution in [-0.2, 0) is 0 Å². The van der Waals surface area contributed by atoms with Crippen molar-refractivity contribution in [2.45, 2.75) is 0 Å². The van der Waals surface area contributed by atoms with Crippen molar-refractivity contribution in [1.29, 1.82) is 0 Å². The summed E-state index contributed by atoms with van der Waals surface area (Å²) in [5, 5.41) is 12.9. The van der Waals surface area contributed by atoms with Crippen LogP contribution in [0.2, 0.25) is 0 Å². The van der Waals surface area contributed by atoms with Crippen molar-refractivity contribution in [3.05, 3.63) is 24.4 Å². The number of aliphatic hydroxyl groups excluding tert-OH is 1. The molecule has 17 heavy (non-hydrogen) atoms. The van der Waals surface area contributed by atoms with Gasteiger partial charge in [-0.25, -0.2) is 0 Å². The highest BCUT2D eigenvalue weighted by atomic mass is 16.7. The maximum atomic E-state index is 8.83. The van der Waals surface area contributed by atoms with Gasteiger partial charge in [0.1, 0.15) is 0 Å². The number of benzene rings is 1. The van der Waals surface area contributed by atoms with Gasteiger partial charge in [0.05, 0.1) is 12.1 Å². The van der Waals surface area contributed by atoms with E-state index in [9.17, 15) is 0 Å². The predicted octanol–water partition coefficient (Wildman–Crippen LogP) is 1.37. The second-order valence-electron chi connectivity index (χ2n) is 3.73. The molecule has 0 radical (unpaired) electrons. The van der Waals surface area contributed by atoms with E-state index in [-0.39, 0.29) is 13.4 Å². The number of fused-ring (bicyclic) bond motifs is 2. The SMILES string of the molecule is OCCNc1ccnc2cc3c(cc12)OCO3. The highest BCUT2D eigenvalue weighted by Crippen LogP contribution is 2.37. The molecule has 5 nitrogen and oxygen atoms in total. The van der Waals surface area contributed by atoms with Crippen molar-refractivity contribution in [2.75, 3.05) is 25.3 Å². The second-order valence-corrected chi connectivity index (χ2v) is 3.73. The van der Waals surface area contributed by atoms with Gasteiger partial charge in [-0.3, -0.25) is 4.98 Å². The minimum atomic E-state index is 0.0916. The number of pyridine rings is 1. The van der Waals surface area contributed by atoms with Crippen molar-refractivity contribution in [3.8, 4) is 11.5 Å². The van der Waals surface area contributed by atoms with Gasteiger partial charge in [-0.15, -0.1) is 0 Å². The van der Waals surface area contributed by atoms with Crippen LogP contribution < -0.4 is 14.8 Å². The maximum Gasteiger partial charge on any atom is 0.231 e. The number of aliphatic hydroxyl groups is 1. The second kappa shape index (κ2) is 4.10. The summed E-state index contributed by atoms with van der Waals surface area (Å²) in [6.45, 7) is 0.854. The Hall–Kier alpha value is -2.01. The van der Waals surface area contributed by atoms with E-state index < -0.39 is 0 Å². The lowest BCUT2D eigenvalue weighted by Crippen LogP contribution is -2.05. The first-order chi connectivity index (χ1) is 8.38. The number of nitrogens with zero attached hydrogens (tertiary/aromatic N) is 1. The van der Waals surface area contributed by atoms with Crippen molar-refractivity contribution < 1.29 is 14.6 Å². The van der Waals surface area contributed by atoms with Crippen LogP contribution in [0.1, 0.15) is 0 Å². The Morgan fingerprint density at radius 3 is 2.94 bits per heavy atom. The molecule has 1 aliphatic rings. The average molecular weight is 232 g/mol. The molecule has 88 valence electrons. The van der Waals surface area contributed by atoms with E-state index >= 15 is 0 Å². The molecule has 0 fully saturated rings. The van der Waals surface area contributed by atoms with E-state index in [2.05, 4.69) is 10.3 Å². The van der Waals surface area contributed by atoms with Gasteiger partial charge in [-0.1, -0.05) is 0 Å². The van der Waals surface area contributed by atoms with Gasteiger partial charge in [0.15, 0.2) is 11.5 Å². The topological polar surface area (TPSA) is 63.6 Å². The standard InChI is InChI=1S/C12H12N2O3/c15-4-3-14-9-1-2-13-10-6-12-11(5-8(9)10)16-7-17-12/h1-2,5-6,15H,3-4,7H2,(H,13,14). The van der Waals surface area contributed by atoms with Crippen LogP contribution in [0, 0.1) is 0 Å². The fraction of sp³-hybridized carbons (Fsp3) is 0.250. The monoisotopic (exact) mass is 232 g/mol. The highest BCUT2D eigenvalue weighted by Gasteiger charge is 2.15. The fourth-order valence-electron chi connectivity index (χ4n) is 1.88.